The molecule has 0 saturated heterocycles. The number of halogens is 1. The van der Waals surface area contributed by atoms with E-state index in [1.807, 2.05) is 24.3 Å². The molecule has 0 fully saturated rings. The van der Waals surface area contributed by atoms with Crippen LogP contribution in [0.4, 0.5) is 0 Å². The van der Waals surface area contributed by atoms with Crippen molar-refractivity contribution in [1.82, 2.24) is 5.32 Å². The summed E-state index contributed by atoms with van der Waals surface area (Å²) in [6, 6.07) is 7.15. The number of ether oxygens (including phenoxy) is 1. The molecule has 0 bridgehead atoms. The standard InChI is InChI=1S/C12H14INO3/c1-8(15)14-11(12(16)17-2)7-9-3-5-10(13)6-4-9/h3-6,11H,7H2,1-2H3,(H,14,15)/t11-/m0/s1. The first kappa shape index (κ1) is 14.0. The summed E-state index contributed by atoms with van der Waals surface area (Å²) < 4.78 is 5.78. The highest BCUT2D eigenvalue weighted by molar-refractivity contribution is 14.1. The number of carbonyl (C=O) groups is 2. The third-order valence-corrected chi connectivity index (χ3v) is 2.94. The highest BCUT2D eigenvalue weighted by atomic mass is 127. The van der Waals surface area contributed by atoms with E-state index in [0.717, 1.165) is 9.13 Å². The quantitative estimate of drug-likeness (QED) is 0.664. The number of benzene rings is 1. The van der Waals surface area contributed by atoms with Gasteiger partial charge in [-0.25, -0.2) is 4.79 Å². The Bertz CT molecular complexity index is 403. The van der Waals surface area contributed by atoms with Crippen molar-refractivity contribution in [3.63, 3.8) is 0 Å². The highest BCUT2D eigenvalue weighted by Crippen LogP contribution is 2.09. The normalized spacial score (nSPS) is 11.7. The van der Waals surface area contributed by atoms with E-state index in [2.05, 4.69) is 32.6 Å². The van der Waals surface area contributed by atoms with Crippen LogP contribution in [0.2, 0.25) is 0 Å². The van der Waals surface area contributed by atoms with E-state index in [-0.39, 0.29) is 5.91 Å². The van der Waals surface area contributed by atoms with Crippen LogP contribution in [0, 0.1) is 3.57 Å². The fraction of sp³-hybridized carbons (Fsp3) is 0.333. The maximum Gasteiger partial charge on any atom is 0.328 e. The van der Waals surface area contributed by atoms with Crippen molar-refractivity contribution in [2.24, 2.45) is 0 Å². The molecule has 1 N–H and O–H groups in total. The minimum atomic E-state index is -0.627. The van der Waals surface area contributed by atoms with Crippen LogP contribution in [-0.4, -0.2) is 25.0 Å². The topological polar surface area (TPSA) is 55.4 Å². The minimum Gasteiger partial charge on any atom is -0.467 e. The van der Waals surface area contributed by atoms with E-state index in [4.69, 9.17) is 0 Å². The molecular formula is C12H14INO3. The van der Waals surface area contributed by atoms with Gasteiger partial charge in [-0.2, -0.15) is 0 Å². The van der Waals surface area contributed by atoms with Gasteiger partial charge in [0, 0.05) is 16.9 Å². The lowest BCUT2D eigenvalue weighted by Crippen LogP contribution is -2.41. The van der Waals surface area contributed by atoms with Gasteiger partial charge in [0.05, 0.1) is 7.11 Å². The zero-order valence-corrected chi connectivity index (χ0v) is 11.9. The van der Waals surface area contributed by atoms with Gasteiger partial charge in [-0.05, 0) is 40.3 Å². The maximum absolute atomic E-state index is 11.5. The van der Waals surface area contributed by atoms with Crippen LogP contribution in [0.3, 0.4) is 0 Å². The van der Waals surface area contributed by atoms with Crippen molar-refractivity contribution >= 4 is 34.5 Å². The van der Waals surface area contributed by atoms with Crippen molar-refractivity contribution in [2.75, 3.05) is 7.11 Å². The number of esters is 1. The first-order valence-electron chi connectivity index (χ1n) is 5.12. The summed E-state index contributed by atoms with van der Waals surface area (Å²) in [5, 5.41) is 2.58. The number of nitrogens with one attached hydrogen (secondary N) is 1. The first-order valence-corrected chi connectivity index (χ1v) is 6.20. The summed E-state index contributed by atoms with van der Waals surface area (Å²) in [5.74, 6) is -0.676. The lowest BCUT2D eigenvalue weighted by atomic mass is 10.1. The zero-order chi connectivity index (χ0) is 12.8. The monoisotopic (exact) mass is 347 g/mol. The smallest absolute Gasteiger partial charge is 0.328 e. The zero-order valence-electron chi connectivity index (χ0n) is 9.70. The average molecular weight is 347 g/mol. The van der Waals surface area contributed by atoms with Gasteiger partial charge in [0.2, 0.25) is 5.91 Å². The molecule has 1 amide bonds. The van der Waals surface area contributed by atoms with E-state index < -0.39 is 12.0 Å². The number of hydrogen-bond donors (Lipinski definition) is 1. The summed E-state index contributed by atoms with van der Waals surface area (Å²) >= 11 is 2.21. The van der Waals surface area contributed by atoms with Crippen molar-refractivity contribution in [2.45, 2.75) is 19.4 Å². The van der Waals surface area contributed by atoms with E-state index in [9.17, 15) is 9.59 Å². The van der Waals surface area contributed by atoms with Crippen LogP contribution in [0.1, 0.15) is 12.5 Å². The molecule has 1 aromatic rings. The van der Waals surface area contributed by atoms with Gasteiger partial charge in [0.15, 0.2) is 0 Å². The Morgan fingerprint density at radius 3 is 2.41 bits per heavy atom. The maximum atomic E-state index is 11.5. The molecule has 1 atom stereocenters. The van der Waals surface area contributed by atoms with Gasteiger partial charge >= 0.3 is 5.97 Å². The van der Waals surface area contributed by atoms with E-state index in [1.165, 1.54) is 14.0 Å². The Kier molecular flexibility index (Phi) is 5.40. The second-order valence-corrected chi connectivity index (χ2v) is 4.85. The van der Waals surface area contributed by atoms with Crippen LogP contribution in [0.15, 0.2) is 24.3 Å². The fourth-order valence-electron chi connectivity index (χ4n) is 1.44. The molecule has 0 heterocycles. The van der Waals surface area contributed by atoms with Crippen molar-refractivity contribution in [3.8, 4) is 0 Å². The average Bonchev–Trinajstić information content (AvgIpc) is 2.29. The SMILES string of the molecule is COC(=O)[C@H](Cc1ccc(I)cc1)NC(C)=O. The molecule has 0 aliphatic carbocycles. The van der Waals surface area contributed by atoms with Gasteiger partial charge in [0.25, 0.3) is 0 Å². The Hall–Kier alpha value is -1.11. The Balaban J connectivity index is 2.75. The third-order valence-electron chi connectivity index (χ3n) is 2.22. The number of amides is 1. The van der Waals surface area contributed by atoms with Gasteiger partial charge in [-0.3, -0.25) is 4.79 Å². The van der Waals surface area contributed by atoms with Gasteiger partial charge in [-0.15, -0.1) is 0 Å². The molecular weight excluding hydrogens is 333 g/mol. The number of hydrogen-bond acceptors (Lipinski definition) is 3. The van der Waals surface area contributed by atoms with Crippen molar-refractivity contribution in [1.29, 1.82) is 0 Å². The largest absolute Gasteiger partial charge is 0.467 e. The molecule has 0 unspecified atom stereocenters. The third kappa shape index (κ3) is 4.72. The number of rotatable bonds is 4. The number of methoxy groups -OCH3 is 1. The molecule has 5 heteroatoms. The summed E-state index contributed by atoms with van der Waals surface area (Å²) in [6.45, 7) is 1.38. The Morgan fingerprint density at radius 1 is 1.35 bits per heavy atom. The number of carbonyl (C=O) groups excluding carboxylic acids is 2. The molecule has 92 valence electrons. The molecule has 0 aliphatic rings. The molecule has 1 rings (SSSR count). The summed E-state index contributed by atoms with van der Waals surface area (Å²) in [6.07, 6.45) is 0.434. The summed E-state index contributed by atoms with van der Waals surface area (Å²) in [4.78, 5) is 22.5. The summed E-state index contributed by atoms with van der Waals surface area (Å²) in [5.41, 5.74) is 0.981. The summed E-state index contributed by atoms with van der Waals surface area (Å²) in [7, 11) is 1.31. The molecule has 0 saturated carbocycles. The molecule has 0 aliphatic heterocycles. The molecule has 0 aromatic heterocycles. The molecule has 17 heavy (non-hydrogen) atoms. The lowest BCUT2D eigenvalue weighted by Gasteiger charge is -2.15. The van der Waals surface area contributed by atoms with Crippen LogP contribution >= 0.6 is 22.6 Å². The van der Waals surface area contributed by atoms with Crippen molar-refractivity contribution < 1.29 is 14.3 Å². The predicted molar refractivity (Wildman–Crippen MR) is 72.5 cm³/mol. The molecule has 0 radical (unpaired) electrons. The van der Waals surface area contributed by atoms with E-state index >= 15 is 0 Å². The molecule has 1 aromatic carbocycles. The Labute approximate surface area is 114 Å². The molecule has 0 spiro atoms. The lowest BCUT2D eigenvalue weighted by molar-refractivity contribution is -0.144. The predicted octanol–water partition coefficient (Wildman–Crippen LogP) is 1.51. The van der Waals surface area contributed by atoms with Gasteiger partial charge < -0.3 is 10.1 Å². The minimum absolute atomic E-state index is 0.245. The van der Waals surface area contributed by atoms with Crippen LogP contribution in [0.25, 0.3) is 0 Å². The van der Waals surface area contributed by atoms with Crippen LogP contribution < -0.4 is 5.32 Å². The second-order valence-electron chi connectivity index (χ2n) is 3.61. The van der Waals surface area contributed by atoms with E-state index in [0.29, 0.717) is 6.42 Å². The Morgan fingerprint density at radius 2 is 1.94 bits per heavy atom. The van der Waals surface area contributed by atoms with E-state index in [1.54, 1.807) is 0 Å². The van der Waals surface area contributed by atoms with Crippen LogP contribution in [0.5, 0.6) is 0 Å². The highest BCUT2D eigenvalue weighted by Gasteiger charge is 2.20. The second kappa shape index (κ2) is 6.58. The van der Waals surface area contributed by atoms with Gasteiger partial charge in [0.1, 0.15) is 6.04 Å². The van der Waals surface area contributed by atoms with Crippen LogP contribution in [-0.2, 0) is 20.7 Å². The van der Waals surface area contributed by atoms with Crippen molar-refractivity contribution in [3.05, 3.63) is 33.4 Å². The van der Waals surface area contributed by atoms with Gasteiger partial charge in [-0.1, -0.05) is 12.1 Å². The first-order chi connectivity index (χ1) is 8.02. The fourth-order valence-corrected chi connectivity index (χ4v) is 1.80. The molecule has 4 nitrogen and oxygen atoms in total.